The maximum absolute atomic E-state index is 12.8. The highest BCUT2D eigenvalue weighted by Crippen LogP contribution is 2.22. The Morgan fingerprint density at radius 2 is 2.06 bits per heavy atom. The van der Waals surface area contributed by atoms with Crippen LogP contribution in [0.15, 0.2) is 30.5 Å². The van der Waals surface area contributed by atoms with Gasteiger partial charge >= 0.3 is 5.97 Å². The van der Waals surface area contributed by atoms with E-state index in [2.05, 4.69) is 5.10 Å². The van der Waals surface area contributed by atoms with Gasteiger partial charge in [0.15, 0.2) is 0 Å². The van der Waals surface area contributed by atoms with E-state index in [0.29, 0.717) is 16.8 Å². The van der Waals surface area contributed by atoms with Crippen molar-refractivity contribution in [2.75, 3.05) is 0 Å². The van der Waals surface area contributed by atoms with Gasteiger partial charge in [0, 0.05) is 24.4 Å². The number of benzene rings is 1. The molecule has 1 aromatic heterocycles. The lowest BCUT2D eigenvalue weighted by atomic mass is 10.1. The fourth-order valence-electron chi connectivity index (χ4n) is 1.68. The lowest BCUT2D eigenvalue weighted by molar-refractivity contribution is -0.136. The molecule has 0 radical (unpaired) electrons. The molecule has 0 aliphatic carbocycles. The van der Waals surface area contributed by atoms with E-state index in [1.165, 1.54) is 12.1 Å². The molecule has 0 atom stereocenters. The van der Waals surface area contributed by atoms with Crippen LogP contribution in [-0.4, -0.2) is 20.9 Å². The lowest BCUT2D eigenvalue weighted by Crippen LogP contribution is -2.00. The molecule has 1 aromatic carbocycles. The van der Waals surface area contributed by atoms with Crippen LogP contribution in [0.1, 0.15) is 5.56 Å². The highest BCUT2D eigenvalue weighted by Gasteiger charge is 2.12. The number of carbonyl (C=O) groups is 1. The van der Waals surface area contributed by atoms with E-state index in [-0.39, 0.29) is 12.2 Å². The zero-order valence-corrected chi connectivity index (χ0v) is 9.22. The molecule has 0 saturated heterocycles. The number of aryl methyl sites for hydroxylation is 1. The monoisotopic (exact) mass is 234 g/mol. The maximum atomic E-state index is 12.8. The molecular weight excluding hydrogens is 223 g/mol. The summed E-state index contributed by atoms with van der Waals surface area (Å²) < 4.78 is 14.4. The summed E-state index contributed by atoms with van der Waals surface area (Å²) in [7, 11) is 1.72. The van der Waals surface area contributed by atoms with Crippen molar-refractivity contribution in [2.45, 2.75) is 6.42 Å². The van der Waals surface area contributed by atoms with Crippen molar-refractivity contribution in [3.05, 3.63) is 41.8 Å². The van der Waals surface area contributed by atoms with Crippen LogP contribution in [0.3, 0.4) is 0 Å². The zero-order valence-electron chi connectivity index (χ0n) is 9.22. The number of carboxylic acid groups (broad SMARTS) is 1. The summed E-state index contributed by atoms with van der Waals surface area (Å²) in [5, 5.41) is 13.0. The Balaban J connectivity index is 2.43. The minimum absolute atomic E-state index is 0.0967. The van der Waals surface area contributed by atoms with Crippen molar-refractivity contribution in [1.82, 2.24) is 9.78 Å². The Labute approximate surface area is 97.3 Å². The Morgan fingerprint density at radius 3 is 2.65 bits per heavy atom. The first-order valence-corrected chi connectivity index (χ1v) is 5.06. The number of aliphatic carboxylic acids is 1. The molecule has 0 bridgehead atoms. The standard InChI is InChI=1S/C12H11FN2O2/c1-15-7-9(6-11(16)17)12(14-15)8-2-4-10(13)5-3-8/h2-5,7H,6H2,1H3,(H,16,17). The molecule has 0 aliphatic heterocycles. The number of nitrogens with zero attached hydrogens (tertiary/aromatic N) is 2. The summed E-state index contributed by atoms with van der Waals surface area (Å²) in [5.41, 5.74) is 1.91. The summed E-state index contributed by atoms with van der Waals surface area (Å²) >= 11 is 0. The molecule has 17 heavy (non-hydrogen) atoms. The van der Waals surface area contributed by atoms with Gasteiger partial charge in [-0.05, 0) is 24.3 Å². The topological polar surface area (TPSA) is 55.1 Å². The summed E-state index contributed by atoms with van der Waals surface area (Å²) in [5.74, 6) is -1.24. The van der Waals surface area contributed by atoms with Crippen molar-refractivity contribution in [3.8, 4) is 11.3 Å². The zero-order chi connectivity index (χ0) is 12.4. The predicted molar refractivity (Wildman–Crippen MR) is 59.9 cm³/mol. The van der Waals surface area contributed by atoms with Gasteiger partial charge in [0.05, 0.1) is 12.1 Å². The average molecular weight is 234 g/mol. The second-order valence-corrected chi connectivity index (χ2v) is 3.75. The summed E-state index contributed by atoms with van der Waals surface area (Å²) in [4.78, 5) is 10.7. The first-order chi connectivity index (χ1) is 8.06. The smallest absolute Gasteiger partial charge is 0.307 e. The van der Waals surface area contributed by atoms with Gasteiger partial charge in [0.2, 0.25) is 0 Å². The number of rotatable bonds is 3. The third-order valence-electron chi connectivity index (χ3n) is 2.36. The van der Waals surface area contributed by atoms with Crippen LogP contribution < -0.4 is 0 Å². The summed E-state index contributed by atoms with van der Waals surface area (Å²) in [6.07, 6.45) is 1.56. The number of aromatic nitrogens is 2. The molecule has 2 rings (SSSR count). The average Bonchev–Trinajstić information content (AvgIpc) is 2.59. The first-order valence-electron chi connectivity index (χ1n) is 5.06. The molecular formula is C12H11FN2O2. The van der Waals surface area contributed by atoms with Gasteiger partial charge in [-0.15, -0.1) is 0 Å². The Hall–Kier alpha value is -2.17. The molecule has 0 amide bonds. The van der Waals surface area contributed by atoms with Gasteiger partial charge in [-0.1, -0.05) is 0 Å². The van der Waals surface area contributed by atoms with Crippen molar-refractivity contribution in [1.29, 1.82) is 0 Å². The van der Waals surface area contributed by atoms with E-state index >= 15 is 0 Å². The van der Waals surface area contributed by atoms with E-state index in [1.54, 1.807) is 30.1 Å². The van der Waals surface area contributed by atoms with E-state index in [1.807, 2.05) is 0 Å². The summed E-state index contributed by atoms with van der Waals surface area (Å²) in [6, 6.07) is 5.83. The number of hydrogen-bond donors (Lipinski definition) is 1. The van der Waals surface area contributed by atoms with Gasteiger partial charge in [0.25, 0.3) is 0 Å². The first kappa shape index (κ1) is 11.3. The van der Waals surface area contributed by atoms with Crippen molar-refractivity contribution < 1.29 is 14.3 Å². The molecule has 0 unspecified atom stereocenters. The number of halogens is 1. The molecule has 1 heterocycles. The van der Waals surface area contributed by atoms with Crippen LogP contribution in [-0.2, 0) is 18.3 Å². The van der Waals surface area contributed by atoms with Gasteiger partial charge in [-0.2, -0.15) is 5.10 Å². The third-order valence-corrected chi connectivity index (χ3v) is 2.36. The summed E-state index contributed by atoms with van der Waals surface area (Å²) in [6.45, 7) is 0. The van der Waals surface area contributed by atoms with Gasteiger partial charge < -0.3 is 5.11 Å². The molecule has 0 saturated carbocycles. The fourth-order valence-corrected chi connectivity index (χ4v) is 1.68. The third kappa shape index (κ3) is 2.50. The quantitative estimate of drug-likeness (QED) is 0.881. The molecule has 88 valence electrons. The highest BCUT2D eigenvalue weighted by atomic mass is 19.1. The van der Waals surface area contributed by atoms with Crippen molar-refractivity contribution in [2.24, 2.45) is 7.05 Å². The van der Waals surface area contributed by atoms with Gasteiger partial charge in [0.1, 0.15) is 5.82 Å². The largest absolute Gasteiger partial charge is 0.481 e. The van der Waals surface area contributed by atoms with Crippen LogP contribution in [0.5, 0.6) is 0 Å². The van der Waals surface area contributed by atoms with Crippen LogP contribution >= 0.6 is 0 Å². The Bertz CT molecular complexity index is 546. The molecule has 4 nitrogen and oxygen atoms in total. The lowest BCUT2D eigenvalue weighted by Gasteiger charge is -1.99. The van der Waals surface area contributed by atoms with Gasteiger partial charge in [-0.3, -0.25) is 9.48 Å². The second kappa shape index (κ2) is 4.37. The predicted octanol–water partition coefficient (Wildman–Crippen LogP) is 1.85. The molecule has 1 N–H and O–H groups in total. The minimum Gasteiger partial charge on any atom is -0.481 e. The van der Waals surface area contributed by atoms with Crippen molar-refractivity contribution >= 4 is 5.97 Å². The van der Waals surface area contributed by atoms with E-state index in [4.69, 9.17) is 5.11 Å². The normalized spacial score (nSPS) is 10.5. The maximum Gasteiger partial charge on any atom is 0.307 e. The molecule has 5 heteroatoms. The number of carboxylic acids is 1. The highest BCUT2D eigenvalue weighted by molar-refractivity contribution is 5.74. The van der Waals surface area contributed by atoms with Crippen LogP contribution in [0.4, 0.5) is 4.39 Å². The molecule has 2 aromatic rings. The van der Waals surface area contributed by atoms with E-state index in [0.717, 1.165) is 0 Å². The van der Waals surface area contributed by atoms with Crippen molar-refractivity contribution in [3.63, 3.8) is 0 Å². The van der Waals surface area contributed by atoms with Gasteiger partial charge in [-0.25, -0.2) is 4.39 Å². The SMILES string of the molecule is Cn1cc(CC(=O)O)c(-c2ccc(F)cc2)n1. The Morgan fingerprint density at radius 1 is 1.41 bits per heavy atom. The van der Waals surface area contributed by atoms with E-state index < -0.39 is 5.97 Å². The number of hydrogen-bond acceptors (Lipinski definition) is 2. The Kier molecular flexibility index (Phi) is 2.91. The molecule has 0 fully saturated rings. The molecule has 0 spiro atoms. The molecule has 0 aliphatic rings. The fraction of sp³-hybridized carbons (Fsp3) is 0.167. The minimum atomic E-state index is -0.915. The van der Waals surface area contributed by atoms with E-state index in [9.17, 15) is 9.18 Å². The van der Waals surface area contributed by atoms with Crippen LogP contribution in [0, 0.1) is 5.82 Å². The second-order valence-electron chi connectivity index (χ2n) is 3.75. The van der Waals surface area contributed by atoms with Crippen LogP contribution in [0.2, 0.25) is 0 Å². The van der Waals surface area contributed by atoms with Crippen LogP contribution in [0.25, 0.3) is 11.3 Å².